The van der Waals surface area contributed by atoms with Gasteiger partial charge >= 0.3 is 18.1 Å². The summed E-state index contributed by atoms with van der Waals surface area (Å²) in [6.07, 6.45) is 29.3. The number of hydrogen-bond donors (Lipinski definition) is 0. The Balaban J connectivity index is 2.65. The van der Waals surface area contributed by atoms with E-state index in [2.05, 4.69) is 88.1 Å². The fourth-order valence-corrected chi connectivity index (χ4v) is 6.50. The predicted octanol–water partition coefficient (Wildman–Crippen LogP) is 10.8. The zero-order chi connectivity index (χ0) is 44.4. The minimum atomic E-state index is -0.778. The van der Waals surface area contributed by atoms with Crippen LogP contribution in [0.4, 0.5) is 4.79 Å². The molecule has 1 heterocycles. The van der Waals surface area contributed by atoms with E-state index in [0.717, 1.165) is 96.7 Å². The first-order chi connectivity index (χ1) is 29.8. The number of unbranched alkanes of at least 4 members (excludes halogenated alkanes) is 2. The summed E-state index contributed by atoms with van der Waals surface area (Å²) in [5, 5.41) is 0. The molecule has 0 saturated carbocycles. The van der Waals surface area contributed by atoms with E-state index in [9.17, 15) is 14.4 Å². The Morgan fingerprint density at radius 2 is 0.984 bits per heavy atom. The van der Waals surface area contributed by atoms with Crippen molar-refractivity contribution in [1.82, 2.24) is 4.90 Å². The lowest BCUT2D eigenvalue weighted by molar-refractivity contribution is -0.152. The Bertz CT molecular complexity index is 1080. The molecule has 12 nitrogen and oxygen atoms in total. The normalized spacial score (nSPS) is 15.1. The van der Waals surface area contributed by atoms with Crippen molar-refractivity contribution in [3.05, 3.63) is 48.6 Å². The Kier molecular flexibility index (Phi) is 37.6. The number of likely N-dealkylation sites (tertiary alicyclic amines) is 1. The third-order valence-electron chi connectivity index (χ3n) is 9.99. The number of piperidine rings is 1. The summed E-state index contributed by atoms with van der Waals surface area (Å²) in [6, 6.07) is 0. The molecule has 0 aromatic rings. The van der Waals surface area contributed by atoms with Gasteiger partial charge in [-0.15, -0.1) is 0 Å². The molecule has 0 aromatic heterocycles. The summed E-state index contributed by atoms with van der Waals surface area (Å²) in [7, 11) is 0. The molecule has 1 aliphatic rings. The maximum atomic E-state index is 12.8. The van der Waals surface area contributed by atoms with Crippen molar-refractivity contribution in [3.63, 3.8) is 0 Å². The van der Waals surface area contributed by atoms with Gasteiger partial charge in [-0.1, -0.05) is 83.2 Å². The van der Waals surface area contributed by atoms with E-state index >= 15 is 0 Å². The van der Waals surface area contributed by atoms with Gasteiger partial charge in [0, 0.05) is 25.3 Å². The lowest BCUT2D eigenvalue weighted by Crippen LogP contribution is -2.37. The van der Waals surface area contributed by atoms with Crippen LogP contribution in [0, 0.1) is 11.8 Å². The van der Waals surface area contributed by atoms with Gasteiger partial charge in [-0.2, -0.15) is 0 Å². The van der Waals surface area contributed by atoms with Gasteiger partial charge in [-0.25, -0.2) is 4.79 Å². The van der Waals surface area contributed by atoms with E-state index in [0.29, 0.717) is 52.1 Å². The zero-order valence-corrected chi connectivity index (χ0v) is 38.9. The van der Waals surface area contributed by atoms with Crippen molar-refractivity contribution in [2.24, 2.45) is 11.8 Å². The molecule has 0 aromatic carbocycles. The number of hydrogen-bond acceptors (Lipinski definition) is 12. The quantitative estimate of drug-likeness (QED) is 0.0192. The molecule has 0 bridgehead atoms. The van der Waals surface area contributed by atoms with Gasteiger partial charge in [0.2, 0.25) is 0 Å². The van der Waals surface area contributed by atoms with Crippen LogP contribution in [0.3, 0.4) is 0 Å². The number of ether oxygens (including phenoxy) is 8. The van der Waals surface area contributed by atoms with E-state index in [4.69, 9.17) is 37.9 Å². The zero-order valence-electron chi connectivity index (χ0n) is 38.9. The maximum absolute atomic E-state index is 12.8. The second kappa shape index (κ2) is 41.0. The van der Waals surface area contributed by atoms with Crippen LogP contribution in [0.2, 0.25) is 0 Å². The number of allylic oxidation sites excluding steroid dienone is 4. The topological polar surface area (TPSA) is 128 Å². The maximum Gasteiger partial charge on any atom is 0.508 e. The number of rotatable bonds is 39. The first kappa shape index (κ1) is 56.0. The van der Waals surface area contributed by atoms with Crippen LogP contribution >= 0.6 is 0 Å². The minimum absolute atomic E-state index is 0.0594. The van der Waals surface area contributed by atoms with Gasteiger partial charge in [0.25, 0.3) is 0 Å². The highest BCUT2D eigenvalue weighted by Crippen LogP contribution is 2.17. The second-order valence-corrected chi connectivity index (χ2v) is 15.5. The summed E-state index contributed by atoms with van der Waals surface area (Å²) < 4.78 is 46.1. The number of carbonyl (C=O) groups excluding carboxylic acids is 3. The van der Waals surface area contributed by atoms with Gasteiger partial charge < -0.3 is 42.8 Å². The van der Waals surface area contributed by atoms with Crippen LogP contribution in [0.15, 0.2) is 48.6 Å². The van der Waals surface area contributed by atoms with Crippen LogP contribution < -0.4 is 0 Å². The van der Waals surface area contributed by atoms with Crippen molar-refractivity contribution in [2.75, 3.05) is 72.5 Å². The summed E-state index contributed by atoms with van der Waals surface area (Å²) >= 11 is 0. The summed E-state index contributed by atoms with van der Waals surface area (Å²) in [5.41, 5.74) is 0. The third kappa shape index (κ3) is 34.2. The average Bonchev–Trinajstić information content (AvgIpc) is 3.27. The molecule has 0 aliphatic carbocycles. The third-order valence-corrected chi connectivity index (χ3v) is 9.99. The van der Waals surface area contributed by atoms with Crippen LogP contribution in [-0.2, 0) is 47.5 Å². The van der Waals surface area contributed by atoms with E-state index in [1.54, 1.807) is 0 Å². The first-order valence-electron chi connectivity index (χ1n) is 23.7. The molecule has 1 aliphatic heterocycles. The van der Waals surface area contributed by atoms with Crippen molar-refractivity contribution >= 4 is 18.1 Å². The van der Waals surface area contributed by atoms with Gasteiger partial charge in [-0.05, 0) is 116 Å². The van der Waals surface area contributed by atoms with Crippen LogP contribution in [0.5, 0.6) is 0 Å². The number of carbonyl (C=O) groups is 3. The molecule has 0 N–H and O–H groups in total. The standard InChI is InChI=1S/C49H85NO11/c1-6-11-15-23-34-54-47(55-35-24-16-12-7-2)31-21-19-29-45(51)58-40-44(42-61-49(53)60-39-43-28-27-33-50(10-5)38-43)41-59-46(52)30-20-22-32-48(56-36-25-17-13-8-3)57-37-26-18-14-9-4/h11-18,43-44,47-48H,6-10,19-42H2,1-5H3/b15-11-,16-12-,17-13-,18-14-. The van der Waals surface area contributed by atoms with E-state index in [-0.39, 0.29) is 69.7 Å². The molecule has 1 unspecified atom stereocenters. The molecule has 0 amide bonds. The lowest BCUT2D eigenvalue weighted by atomic mass is 9.99. The second-order valence-electron chi connectivity index (χ2n) is 15.5. The highest BCUT2D eigenvalue weighted by molar-refractivity contribution is 5.69. The van der Waals surface area contributed by atoms with Crippen molar-refractivity contribution < 1.29 is 52.3 Å². The van der Waals surface area contributed by atoms with Gasteiger partial charge in [0.15, 0.2) is 12.6 Å². The van der Waals surface area contributed by atoms with Crippen LogP contribution in [0.25, 0.3) is 0 Å². The number of nitrogens with zero attached hydrogens (tertiary/aromatic N) is 1. The monoisotopic (exact) mass is 864 g/mol. The van der Waals surface area contributed by atoms with Gasteiger partial charge in [0.05, 0.1) is 39.0 Å². The molecule has 352 valence electrons. The fraction of sp³-hybridized carbons (Fsp3) is 0.776. The smallest absolute Gasteiger partial charge is 0.465 e. The molecular weight excluding hydrogens is 779 g/mol. The summed E-state index contributed by atoms with van der Waals surface area (Å²) in [4.78, 5) is 40.6. The number of esters is 2. The molecule has 0 radical (unpaired) electrons. The molecular formula is C49H85NO11. The van der Waals surface area contributed by atoms with Crippen LogP contribution in [0.1, 0.15) is 150 Å². The molecule has 1 fully saturated rings. The van der Waals surface area contributed by atoms with E-state index < -0.39 is 12.1 Å². The highest BCUT2D eigenvalue weighted by atomic mass is 16.7. The predicted molar refractivity (Wildman–Crippen MR) is 242 cm³/mol. The molecule has 1 rings (SSSR count). The molecule has 1 atom stereocenters. The van der Waals surface area contributed by atoms with Crippen LogP contribution in [-0.4, -0.2) is 108 Å². The Morgan fingerprint density at radius 3 is 1.39 bits per heavy atom. The van der Waals surface area contributed by atoms with Crippen molar-refractivity contribution in [1.29, 1.82) is 0 Å². The van der Waals surface area contributed by atoms with E-state index in [1.807, 2.05) is 0 Å². The summed E-state index contributed by atoms with van der Waals surface area (Å²) in [5.74, 6) is -1.02. The first-order valence-corrected chi connectivity index (χ1v) is 23.7. The largest absolute Gasteiger partial charge is 0.508 e. The summed E-state index contributed by atoms with van der Waals surface area (Å²) in [6.45, 7) is 15.8. The SMILES string of the molecule is CC/C=C\CCOC(CCCCC(=O)OCC(COC(=O)CCCCC(OCC/C=C\CC)OCC/C=C\CC)COC(=O)OCC1CCCN(CC)C1)OCC/C=C\CC. The fourth-order valence-electron chi connectivity index (χ4n) is 6.50. The lowest BCUT2D eigenvalue weighted by Gasteiger charge is -2.31. The van der Waals surface area contributed by atoms with Crippen molar-refractivity contribution in [3.8, 4) is 0 Å². The van der Waals surface area contributed by atoms with Gasteiger partial charge in [0.1, 0.15) is 19.8 Å². The average molecular weight is 864 g/mol. The molecule has 12 heteroatoms. The Hall–Kier alpha value is -3.03. The molecule has 61 heavy (non-hydrogen) atoms. The Morgan fingerprint density at radius 1 is 0.557 bits per heavy atom. The molecule has 1 saturated heterocycles. The van der Waals surface area contributed by atoms with E-state index in [1.165, 1.54) is 0 Å². The van der Waals surface area contributed by atoms with Gasteiger partial charge in [-0.3, -0.25) is 9.59 Å². The van der Waals surface area contributed by atoms with Crippen molar-refractivity contribution in [2.45, 2.75) is 163 Å². The molecule has 0 spiro atoms. The Labute approximate surface area is 370 Å². The minimum Gasteiger partial charge on any atom is -0.465 e. The highest BCUT2D eigenvalue weighted by Gasteiger charge is 2.22.